The molecule has 0 bridgehead atoms. The molecule has 2 aromatic carbocycles. The Labute approximate surface area is 177 Å². The predicted octanol–water partition coefficient (Wildman–Crippen LogP) is 3.96. The standard InChI is InChI=1S/C24H30N2O4/c1-24(2,15-26(3)4)13-21(22(27)28)25-23(29)30-14-20-18-11-7-5-9-16(18)17-10-6-8-12-19(17)20/h5-12,20-21H,13-15H2,1-4H3,(H,25,29)(H,27,28). The first kappa shape index (κ1) is 21.8. The molecule has 0 radical (unpaired) electrons. The fraction of sp³-hybridized carbons (Fsp3) is 0.417. The van der Waals surface area contributed by atoms with Crippen molar-refractivity contribution in [1.82, 2.24) is 10.2 Å². The zero-order valence-corrected chi connectivity index (χ0v) is 18.0. The molecule has 1 amide bonds. The number of hydrogen-bond donors (Lipinski definition) is 2. The van der Waals surface area contributed by atoms with E-state index >= 15 is 0 Å². The zero-order valence-electron chi connectivity index (χ0n) is 18.0. The number of carboxylic acid groups (broad SMARTS) is 1. The third-order valence-corrected chi connectivity index (χ3v) is 5.43. The molecular weight excluding hydrogens is 380 g/mol. The fourth-order valence-electron chi connectivity index (χ4n) is 4.46. The summed E-state index contributed by atoms with van der Waals surface area (Å²) < 4.78 is 5.49. The highest BCUT2D eigenvalue weighted by Crippen LogP contribution is 2.44. The monoisotopic (exact) mass is 410 g/mol. The van der Waals surface area contributed by atoms with E-state index in [9.17, 15) is 14.7 Å². The predicted molar refractivity (Wildman–Crippen MR) is 117 cm³/mol. The van der Waals surface area contributed by atoms with Crippen LogP contribution in [0.3, 0.4) is 0 Å². The van der Waals surface area contributed by atoms with E-state index in [0.717, 1.165) is 22.3 Å². The van der Waals surface area contributed by atoms with Gasteiger partial charge < -0.3 is 20.1 Å². The normalized spacial score (nSPS) is 14.2. The molecule has 0 aromatic heterocycles. The number of fused-ring (bicyclic) bond motifs is 3. The molecule has 1 aliphatic carbocycles. The molecule has 6 nitrogen and oxygen atoms in total. The van der Waals surface area contributed by atoms with Crippen LogP contribution in [-0.4, -0.2) is 55.4 Å². The van der Waals surface area contributed by atoms with Gasteiger partial charge in [0.05, 0.1) is 0 Å². The largest absolute Gasteiger partial charge is 0.480 e. The number of ether oxygens (including phenoxy) is 1. The molecule has 0 spiro atoms. The van der Waals surface area contributed by atoms with Crippen LogP contribution < -0.4 is 5.32 Å². The van der Waals surface area contributed by atoms with Gasteiger partial charge in [-0.2, -0.15) is 0 Å². The summed E-state index contributed by atoms with van der Waals surface area (Å²) in [6.07, 6.45) is -0.394. The van der Waals surface area contributed by atoms with Gasteiger partial charge in [0.25, 0.3) is 0 Å². The highest BCUT2D eigenvalue weighted by Gasteiger charge is 2.32. The number of benzene rings is 2. The Kier molecular flexibility index (Phi) is 6.46. The van der Waals surface area contributed by atoms with Crippen molar-refractivity contribution in [3.05, 3.63) is 59.7 Å². The molecule has 30 heavy (non-hydrogen) atoms. The lowest BCUT2D eigenvalue weighted by Gasteiger charge is -2.31. The molecule has 0 heterocycles. The number of nitrogens with zero attached hydrogens (tertiary/aromatic N) is 1. The van der Waals surface area contributed by atoms with Gasteiger partial charge in [0.2, 0.25) is 0 Å². The van der Waals surface area contributed by atoms with Crippen LogP contribution in [0, 0.1) is 5.41 Å². The number of alkyl carbamates (subject to hydrolysis) is 1. The van der Waals surface area contributed by atoms with Gasteiger partial charge in [-0.15, -0.1) is 0 Å². The van der Waals surface area contributed by atoms with Crippen molar-refractivity contribution in [2.24, 2.45) is 5.41 Å². The minimum Gasteiger partial charge on any atom is -0.480 e. The summed E-state index contributed by atoms with van der Waals surface area (Å²) in [5.41, 5.74) is 4.26. The molecule has 0 fully saturated rings. The Morgan fingerprint density at radius 2 is 1.60 bits per heavy atom. The summed E-state index contributed by atoms with van der Waals surface area (Å²) in [5, 5.41) is 12.1. The molecule has 1 atom stereocenters. The number of nitrogens with one attached hydrogen (secondary N) is 1. The third-order valence-electron chi connectivity index (χ3n) is 5.43. The molecule has 0 aliphatic heterocycles. The van der Waals surface area contributed by atoms with Gasteiger partial charge in [-0.3, -0.25) is 0 Å². The molecule has 2 aromatic rings. The van der Waals surface area contributed by atoms with Crippen molar-refractivity contribution < 1.29 is 19.4 Å². The van der Waals surface area contributed by atoms with Gasteiger partial charge in [0.15, 0.2) is 0 Å². The Morgan fingerprint density at radius 3 is 2.10 bits per heavy atom. The molecule has 1 unspecified atom stereocenters. The number of carbonyl (C=O) groups is 2. The lowest BCUT2D eigenvalue weighted by Crippen LogP contribution is -2.45. The third kappa shape index (κ3) is 5.00. The van der Waals surface area contributed by atoms with E-state index < -0.39 is 18.1 Å². The van der Waals surface area contributed by atoms with E-state index in [1.54, 1.807) is 0 Å². The Bertz CT molecular complexity index is 877. The minimum absolute atomic E-state index is 0.0587. The van der Waals surface area contributed by atoms with E-state index in [1.165, 1.54) is 0 Å². The van der Waals surface area contributed by atoms with Crippen LogP contribution in [0.15, 0.2) is 48.5 Å². The molecule has 0 saturated heterocycles. The van der Waals surface area contributed by atoms with E-state index in [2.05, 4.69) is 17.4 Å². The number of carbonyl (C=O) groups excluding carboxylic acids is 1. The molecule has 0 saturated carbocycles. The van der Waals surface area contributed by atoms with Gasteiger partial charge in [0.1, 0.15) is 12.6 Å². The average Bonchev–Trinajstić information content (AvgIpc) is 2.98. The van der Waals surface area contributed by atoms with Crippen LogP contribution in [0.2, 0.25) is 0 Å². The molecule has 1 aliphatic rings. The highest BCUT2D eigenvalue weighted by atomic mass is 16.5. The van der Waals surface area contributed by atoms with E-state index in [0.29, 0.717) is 13.0 Å². The van der Waals surface area contributed by atoms with Gasteiger partial charge in [-0.05, 0) is 48.2 Å². The molecule has 6 heteroatoms. The van der Waals surface area contributed by atoms with Crippen LogP contribution in [-0.2, 0) is 9.53 Å². The first-order chi connectivity index (χ1) is 14.2. The van der Waals surface area contributed by atoms with Crippen molar-refractivity contribution in [2.75, 3.05) is 27.2 Å². The van der Waals surface area contributed by atoms with Crippen LogP contribution >= 0.6 is 0 Å². The maximum Gasteiger partial charge on any atom is 0.407 e. The average molecular weight is 411 g/mol. The van der Waals surface area contributed by atoms with Crippen molar-refractivity contribution in [1.29, 1.82) is 0 Å². The molecule has 2 N–H and O–H groups in total. The van der Waals surface area contributed by atoms with Crippen LogP contribution in [0.4, 0.5) is 4.79 Å². The van der Waals surface area contributed by atoms with Crippen molar-refractivity contribution in [3.8, 4) is 11.1 Å². The highest BCUT2D eigenvalue weighted by molar-refractivity contribution is 5.81. The summed E-state index contributed by atoms with van der Waals surface area (Å²) in [5.74, 6) is -1.12. The number of aliphatic carboxylic acids is 1. The van der Waals surface area contributed by atoms with Crippen molar-refractivity contribution in [2.45, 2.75) is 32.2 Å². The number of rotatable bonds is 8. The van der Waals surface area contributed by atoms with Crippen LogP contribution in [0.5, 0.6) is 0 Å². The lowest BCUT2D eigenvalue weighted by molar-refractivity contribution is -0.140. The SMILES string of the molecule is CN(C)CC(C)(C)CC(NC(=O)OCC1c2ccccc2-c2ccccc21)C(=O)O. The van der Waals surface area contributed by atoms with E-state index in [1.807, 2.05) is 69.2 Å². The topological polar surface area (TPSA) is 78.9 Å². The second kappa shape index (κ2) is 8.88. The maximum atomic E-state index is 12.4. The smallest absolute Gasteiger partial charge is 0.407 e. The quantitative estimate of drug-likeness (QED) is 0.689. The summed E-state index contributed by atoms with van der Waals surface area (Å²) in [6, 6.07) is 15.2. The Morgan fingerprint density at radius 1 is 1.07 bits per heavy atom. The van der Waals surface area contributed by atoms with Crippen molar-refractivity contribution >= 4 is 12.1 Å². The molecular formula is C24H30N2O4. The van der Waals surface area contributed by atoms with Crippen LogP contribution in [0.25, 0.3) is 11.1 Å². The van der Waals surface area contributed by atoms with Gasteiger partial charge >= 0.3 is 12.1 Å². The number of hydrogen-bond acceptors (Lipinski definition) is 4. The minimum atomic E-state index is -1.06. The number of carboxylic acids is 1. The van der Waals surface area contributed by atoms with Crippen molar-refractivity contribution in [3.63, 3.8) is 0 Å². The zero-order chi connectivity index (χ0) is 21.9. The van der Waals surface area contributed by atoms with E-state index in [4.69, 9.17) is 4.74 Å². The van der Waals surface area contributed by atoms with Gasteiger partial charge in [0, 0.05) is 12.5 Å². The fourth-order valence-corrected chi connectivity index (χ4v) is 4.46. The molecule has 160 valence electrons. The van der Waals surface area contributed by atoms with Gasteiger partial charge in [-0.1, -0.05) is 62.4 Å². The van der Waals surface area contributed by atoms with E-state index in [-0.39, 0.29) is 17.9 Å². The summed E-state index contributed by atoms with van der Waals surface area (Å²) in [4.78, 5) is 26.1. The lowest BCUT2D eigenvalue weighted by atomic mass is 9.85. The summed E-state index contributed by atoms with van der Waals surface area (Å²) >= 11 is 0. The second-order valence-electron chi connectivity index (χ2n) is 8.97. The van der Waals surface area contributed by atoms with Crippen LogP contribution in [0.1, 0.15) is 37.3 Å². The summed E-state index contributed by atoms with van der Waals surface area (Å²) in [7, 11) is 3.88. The Hall–Kier alpha value is -2.86. The first-order valence-electron chi connectivity index (χ1n) is 10.2. The number of amides is 1. The first-order valence-corrected chi connectivity index (χ1v) is 10.2. The molecule has 3 rings (SSSR count). The van der Waals surface area contributed by atoms with Gasteiger partial charge in [-0.25, -0.2) is 9.59 Å². The maximum absolute atomic E-state index is 12.4. The Balaban J connectivity index is 1.66. The summed E-state index contributed by atoms with van der Waals surface area (Å²) in [6.45, 7) is 4.85. The second-order valence-corrected chi connectivity index (χ2v) is 8.97.